The molecule has 2 aromatic carbocycles. The van der Waals surface area contributed by atoms with Gasteiger partial charge < -0.3 is 19.3 Å². The van der Waals surface area contributed by atoms with Gasteiger partial charge in [-0.3, -0.25) is 19.5 Å². The first-order chi connectivity index (χ1) is 18.2. The molecule has 38 heavy (non-hydrogen) atoms. The molecule has 1 aliphatic heterocycles. The first kappa shape index (κ1) is 27.1. The van der Waals surface area contributed by atoms with Crippen LogP contribution in [0.2, 0.25) is 0 Å². The predicted octanol–water partition coefficient (Wildman–Crippen LogP) is 3.19. The van der Waals surface area contributed by atoms with Crippen molar-refractivity contribution in [3.05, 3.63) is 87.5 Å². The monoisotopic (exact) mass is 603 g/mol. The number of thiazole rings is 1. The summed E-state index contributed by atoms with van der Waals surface area (Å²) in [6.07, 6.45) is 2.83. The van der Waals surface area contributed by atoms with Gasteiger partial charge in [-0.05, 0) is 65.2 Å². The van der Waals surface area contributed by atoms with E-state index in [1.54, 1.807) is 18.2 Å². The maximum Gasteiger partial charge on any atom is 0.337 e. The highest BCUT2D eigenvalue weighted by atomic mass is 79.9. The predicted molar refractivity (Wildman–Crippen MR) is 142 cm³/mol. The van der Waals surface area contributed by atoms with Crippen LogP contribution in [0.4, 0.5) is 5.69 Å². The van der Waals surface area contributed by atoms with Crippen LogP contribution in [0.15, 0.2) is 56.4 Å². The number of carbonyl (C=O) groups is 1. The minimum Gasteiger partial charge on any atom is -0.501 e. The molecule has 0 spiro atoms. The number of nitro benzene ring substituents is 1. The zero-order chi connectivity index (χ0) is 27.6. The molecule has 4 rings (SSSR count). The Morgan fingerprint density at radius 3 is 2.61 bits per heavy atom. The lowest BCUT2D eigenvalue weighted by molar-refractivity contribution is -0.386. The Morgan fingerprint density at radius 2 is 1.95 bits per heavy atom. The van der Waals surface area contributed by atoms with E-state index in [0.29, 0.717) is 40.6 Å². The third kappa shape index (κ3) is 5.07. The van der Waals surface area contributed by atoms with Crippen LogP contribution in [0, 0.1) is 10.1 Å². The van der Waals surface area contributed by atoms with E-state index >= 15 is 0 Å². The number of esters is 1. The molecular formula is C25H22BrN3O8S. The molecule has 0 saturated heterocycles. The number of rotatable bonds is 8. The number of phenolic OH excluding ortho intramolecular Hbond substituents is 1. The number of ether oxygens (including phenoxy) is 3. The highest BCUT2D eigenvalue weighted by molar-refractivity contribution is 9.10. The second kappa shape index (κ2) is 11.2. The summed E-state index contributed by atoms with van der Waals surface area (Å²) in [6.45, 7) is 4.48. The summed E-state index contributed by atoms with van der Waals surface area (Å²) in [5, 5.41) is 21.3. The molecule has 0 unspecified atom stereocenters. The summed E-state index contributed by atoms with van der Waals surface area (Å²) in [6, 6.07) is 6.89. The Morgan fingerprint density at radius 1 is 1.24 bits per heavy atom. The molecule has 11 nitrogen and oxygen atoms in total. The summed E-state index contributed by atoms with van der Waals surface area (Å²) < 4.78 is 18.0. The van der Waals surface area contributed by atoms with Crippen molar-refractivity contribution in [2.75, 3.05) is 20.3 Å². The number of hydrogen-bond donors (Lipinski definition) is 1. The lowest BCUT2D eigenvalue weighted by atomic mass is 9.97. The number of fused-ring (bicyclic) bond motifs is 1. The van der Waals surface area contributed by atoms with Crippen LogP contribution in [0.25, 0.3) is 6.08 Å². The quantitative estimate of drug-likeness (QED) is 0.235. The fourth-order valence-corrected chi connectivity index (χ4v) is 5.40. The largest absolute Gasteiger partial charge is 0.501 e. The summed E-state index contributed by atoms with van der Waals surface area (Å²) >= 11 is 4.16. The van der Waals surface area contributed by atoms with E-state index in [2.05, 4.69) is 20.9 Å². The summed E-state index contributed by atoms with van der Waals surface area (Å²) in [7, 11) is 1.24. The van der Waals surface area contributed by atoms with Crippen LogP contribution < -0.4 is 24.4 Å². The number of halogens is 1. The SMILES string of the molecule is CCOc1ccc([C@H]2C(C(=O)OC)=CN=c3s/c(=C\c4cc(Br)c(O)c([N+](=O)[O-])c4)c(=O)n32)cc1OCC. The van der Waals surface area contributed by atoms with E-state index in [-0.39, 0.29) is 14.6 Å². The van der Waals surface area contributed by atoms with E-state index in [1.165, 1.54) is 30.0 Å². The summed E-state index contributed by atoms with van der Waals surface area (Å²) in [5.74, 6) is -0.194. The molecule has 1 aromatic heterocycles. The lowest BCUT2D eigenvalue weighted by Gasteiger charge is -2.23. The van der Waals surface area contributed by atoms with Gasteiger partial charge in [0.15, 0.2) is 16.3 Å². The van der Waals surface area contributed by atoms with E-state index in [9.17, 15) is 24.8 Å². The number of aromatic nitrogens is 1. The van der Waals surface area contributed by atoms with Gasteiger partial charge in [-0.25, -0.2) is 9.79 Å². The molecule has 3 aromatic rings. The van der Waals surface area contributed by atoms with Crippen molar-refractivity contribution in [2.24, 2.45) is 4.99 Å². The maximum absolute atomic E-state index is 13.7. The number of phenols is 1. The first-order valence-corrected chi connectivity index (χ1v) is 13.0. The number of hydrogen-bond acceptors (Lipinski definition) is 10. The van der Waals surface area contributed by atoms with Crippen LogP contribution in [-0.4, -0.2) is 40.9 Å². The molecule has 13 heteroatoms. The Hall–Kier alpha value is -3.97. The maximum atomic E-state index is 13.7. The van der Waals surface area contributed by atoms with Gasteiger partial charge in [-0.15, -0.1) is 0 Å². The van der Waals surface area contributed by atoms with Crippen molar-refractivity contribution in [1.82, 2.24) is 4.57 Å². The molecule has 198 valence electrons. The van der Waals surface area contributed by atoms with Crippen molar-refractivity contribution in [3.63, 3.8) is 0 Å². The topological polar surface area (TPSA) is 142 Å². The highest BCUT2D eigenvalue weighted by Crippen LogP contribution is 2.36. The third-order valence-electron chi connectivity index (χ3n) is 5.57. The van der Waals surface area contributed by atoms with Crippen molar-refractivity contribution in [1.29, 1.82) is 0 Å². The molecule has 2 heterocycles. The van der Waals surface area contributed by atoms with Crippen LogP contribution in [0.1, 0.15) is 31.0 Å². The second-order valence-electron chi connectivity index (χ2n) is 7.88. The summed E-state index contributed by atoms with van der Waals surface area (Å²) in [5.41, 5.74) is 0.0457. The number of methoxy groups -OCH3 is 1. The molecule has 0 aliphatic carbocycles. The molecule has 0 bridgehead atoms. The Labute approximate surface area is 228 Å². The van der Waals surface area contributed by atoms with Gasteiger partial charge in [0.25, 0.3) is 5.56 Å². The highest BCUT2D eigenvalue weighted by Gasteiger charge is 2.31. The van der Waals surface area contributed by atoms with Crippen molar-refractivity contribution >= 4 is 45.0 Å². The molecule has 0 amide bonds. The standard InChI is InChI=1S/C25H22BrN3O8S/c1-4-36-18-7-6-14(11-19(18)37-5-2)21-15(24(32)35-3)12-27-25-28(21)23(31)20(38-25)10-13-8-16(26)22(30)17(9-13)29(33)34/h6-12,21,30H,4-5H2,1-3H3/b20-10-/t21-/m0/s1. The first-order valence-electron chi connectivity index (χ1n) is 11.4. The van der Waals surface area contributed by atoms with E-state index in [0.717, 1.165) is 17.4 Å². The van der Waals surface area contributed by atoms with Gasteiger partial charge in [-0.1, -0.05) is 17.4 Å². The average molecular weight is 604 g/mol. The molecule has 0 saturated carbocycles. The molecule has 1 atom stereocenters. The van der Waals surface area contributed by atoms with Gasteiger partial charge in [0.05, 0.1) is 45.9 Å². The van der Waals surface area contributed by atoms with Crippen LogP contribution in [0.3, 0.4) is 0 Å². The van der Waals surface area contributed by atoms with Crippen molar-refractivity contribution in [2.45, 2.75) is 19.9 Å². The smallest absolute Gasteiger partial charge is 0.337 e. The minimum atomic E-state index is -0.878. The van der Waals surface area contributed by atoms with Gasteiger partial charge in [0.1, 0.15) is 0 Å². The molecular weight excluding hydrogens is 582 g/mol. The van der Waals surface area contributed by atoms with Crippen molar-refractivity contribution < 1.29 is 29.0 Å². The normalized spacial score (nSPS) is 14.8. The van der Waals surface area contributed by atoms with Gasteiger partial charge >= 0.3 is 11.7 Å². The van der Waals surface area contributed by atoms with E-state index in [1.807, 2.05) is 13.8 Å². The number of aromatic hydroxyl groups is 1. The number of nitrogens with zero attached hydrogens (tertiary/aromatic N) is 3. The van der Waals surface area contributed by atoms with Crippen LogP contribution in [0.5, 0.6) is 17.2 Å². The average Bonchev–Trinajstić information content (AvgIpc) is 3.21. The van der Waals surface area contributed by atoms with Gasteiger partial charge in [-0.2, -0.15) is 0 Å². The zero-order valence-electron chi connectivity index (χ0n) is 20.5. The number of carbonyl (C=O) groups excluding carboxylic acids is 1. The van der Waals surface area contributed by atoms with E-state index in [4.69, 9.17) is 14.2 Å². The Balaban J connectivity index is 1.92. The van der Waals surface area contributed by atoms with Crippen LogP contribution >= 0.6 is 27.3 Å². The minimum absolute atomic E-state index is 0.106. The fourth-order valence-electron chi connectivity index (χ4n) is 3.97. The molecule has 1 aliphatic rings. The van der Waals surface area contributed by atoms with E-state index < -0.39 is 33.9 Å². The molecule has 1 N–H and O–H groups in total. The number of benzene rings is 2. The Kier molecular flexibility index (Phi) is 7.97. The third-order valence-corrected chi connectivity index (χ3v) is 7.17. The lowest BCUT2D eigenvalue weighted by Crippen LogP contribution is -2.39. The van der Waals surface area contributed by atoms with Gasteiger partial charge in [0.2, 0.25) is 5.75 Å². The second-order valence-corrected chi connectivity index (χ2v) is 9.74. The van der Waals surface area contributed by atoms with Crippen LogP contribution in [-0.2, 0) is 9.53 Å². The number of nitro groups is 1. The summed E-state index contributed by atoms with van der Waals surface area (Å²) in [4.78, 5) is 41.6. The fraction of sp³-hybridized carbons (Fsp3) is 0.240. The Bertz CT molecular complexity index is 1640. The van der Waals surface area contributed by atoms with Crippen molar-refractivity contribution in [3.8, 4) is 17.2 Å². The molecule has 0 fully saturated rings. The van der Waals surface area contributed by atoms with Gasteiger partial charge in [0, 0.05) is 12.3 Å². The zero-order valence-corrected chi connectivity index (χ0v) is 22.9. The molecule has 0 radical (unpaired) electrons.